The Labute approximate surface area is 253 Å². The molecular formula is C30H39N7O7. The topological polar surface area (TPSA) is 256 Å². The van der Waals surface area contributed by atoms with Crippen molar-refractivity contribution in [2.45, 2.75) is 62.7 Å². The number of aromatic amines is 1. The highest BCUT2D eigenvalue weighted by Gasteiger charge is 2.31. The van der Waals surface area contributed by atoms with Gasteiger partial charge in [-0.05, 0) is 61.6 Å². The van der Waals surface area contributed by atoms with Gasteiger partial charge in [0.25, 0.3) is 0 Å². The van der Waals surface area contributed by atoms with Crippen molar-refractivity contribution in [3.8, 4) is 5.75 Å². The number of nitrogens with two attached hydrogens (primary N) is 3. The van der Waals surface area contributed by atoms with E-state index in [0.29, 0.717) is 24.9 Å². The number of fused-ring (bicyclic) bond motifs is 1. The molecule has 14 nitrogen and oxygen atoms in total. The van der Waals surface area contributed by atoms with Crippen molar-refractivity contribution in [2.75, 3.05) is 6.54 Å². The SMILES string of the molecule is NCCCCC(NC(=O)C(CC(N)=O)NC(=O)C(N)Cc1c[nH]c2ccccc12)C(=O)NC(Cc1ccc(O)cc1)C(=O)O. The minimum Gasteiger partial charge on any atom is -0.508 e. The maximum atomic E-state index is 13.3. The molecule has 0 bridgehead atoms. The molecule has 44 heavy (non-hydrogen) atoms. The third-order valence-electron chi connectivity index (χ3n) is 7.06. The number of phenols is 1. The Morgan fingerprint density at radius 3 is 2.11 bits per heavy atom. The van der Waals surface area contributed by atoms with E-state index < -0.39 is 60.2 Å². The average molecular weight is 610 g/mol. The van der Waals surface area contributed by atoms with Gasteiger partial charge in [0.1, 0.15) is 23.9 Å². The number of aliphatic carboxylic acids is 1. The van der Waals surface area contributed by atoms with E-state index in [9.17, 15) is 34.2 Å². The summed E-state index contributed by atoms with van der Waals surface area (Å²) in [7, 11) is 0. The largest absolute Gasteiger partial charge is 0.508 e. The Bertz CT molecular complexity index is 1460. The standard InChI is InChI=1S/C30H39N7O7/c31-12-4-3-7-23(28(41)37-25(30(43)44)13-17-8-10-19(38)11-9-17)35-29(42)24(15-26(33)39)36-27(40)21(32)14-18-16-34-22-6-2-1-5-20(18)22/h1-2,5-6,8-11,16,21,23-25,34,38H,3-4,7,12-15,31-32H2,(H2,33,39)(H,35,42)(H,36,40)(H,37,41)(H,43,44). The monoisotopic (exact) mass is 609 g/mol. The first-order valence-corrected chi connectivity index (χ1v) is 14.2. The fraction of sp³-hybridized carbons (Fsp3) is 0.367. The van der Waals surface area contributed by atoms with Crippen molar-refractivity contribution in [1.29, 1.82) is 0 Å². The predicted molar refractivity (Wildman–Crippen MR) is 162 cm³/mol. The second-order valence-electron chi connectivity index (χ2n) is 10.5. The first-order chi connectivity index (χ1) is 21.0. The van der Waals surface area contributed by atoms with Crippen LogP contribution in [0, 0.1) is 0 Å². The average Bonchev–Trinajstić information content (AvgIpc) is 3.39. The lowest BCUT2D eigenvalue weighted by molar-refractivity contribution is -0.142. The summed E-state index contributed by atoms with van der Waals surface area (Å²) in [6.07, 6.45) is 2.29. The summed E-state index contributed by atoms with van der Waals surface area (Å²) in [4.78, 5) is 66.3. The minimum atomic E-state index is -1.44. The number of carbonyl (C=O) groups is 5. The summed E-state index contributed by atoms with van der Waals surface area (Å²) in [6.45, 7) is 0.329. The third-order valence-corrected chi connectivity index (χ3v) is 7.06. The number of para-hydroxylation sites is 1. The molecule has 14 heteroatoms. The first kappa shape index (κ1) is 33.6. The summed E-state index contributed by atoms with van der Waals surface area (Å²) in [5, 5.41) is 27.5. The number of aromatic nitrogens is 1. The summed E-state index contributed by atoms with van der Waals surface area (Å²) < 4.78 is 0. The molecule has 4 unspecified atom stereocenters. The molecule has 0 aliphatic carbocycles. The Hall–Kier alpha value is -4.95. The van der Waals surface area contributed by atoms with Crippen molar-refractivity contribution < 1.29 is 34.2 Å². The molecule has 0 radical (unpaired) electrons. The van der Waals surface area contributed by atoms with Crippen LogP contribution in [0.25, 0.3) is 10.9 Å². The summed E-state index contributed by atoms with van der Waals surface area (Å²) in [6, 6.07) is 8.26. The summed E-state index contributed by atoms with van der Waals surface area (Å²) in [5.41, 5.74) is 19.3. The molecule has 0 aliphatic rings. The number of hydrogen-bond donors (Lipinski definition) is 9. The minimum absolute atomic E-state index is 0.00358. The molecule has 1 aromatic heterocycles. The van der Waals surface area contributed by atoms with E-state index in [1.807, 2.05) is 24.3 Å². The number of aromatic hydroxyl groups is 1. The van der Waals surface area contributed by atoms with Crippen LogP contribution in [0.15, 0.2) is 54.7 Å². The van der Waals surface area contributed by atoms with Crippen molar-refractivity contribution in [3.63, 3.8) is 0 Å². The van der Waals surface area contributed by atoms with Crippen LogP contribution < -0.4 is 33.2 Å². The van der Waals surface area contributed by atoms with Gasteiger partial charge in [-0.1, -0.05) is 30.3 Å². The molecule has 236 valence electrons. The van der Waals surface area contributed by atoms with Gasteiger partial charge in [0.15, 0.2) is 0 Å². The fourth-order valence-corrected chi connectivity index (χ4v) is 4.69. The van der Waals surface area contributed by atoms with Gasteiger partial charge >= 0.3 is 5.97 Å². The van der Waals surface area contributed by atoms with Gasteiger partial charge in [0.05, 0.1) is 12.5 Å². The number of H-pyrrole nitrogens is 1. The number of carboxylic acid groups (broad SMARTS) is 1. The van der Waals surface area contributed by atoms with Crippen LogP contribution in [0.5, 0.6) is 5.75 Å². The van der Waals surface area contributed by atoms with E-state index in [2.05, 4.69) is 20.9 Å². The van der Waals surface area contributed by atoms with E-state index in [1.165, 1.54) is 24.3 Å². The van der Waals surface area contributed by atoms with Crippen LogP contribution >= 0.6 is 0 Å². The zero-order valence-corrected chi connectivity index (χ0v) is 24.1. The second kappa shape index (κ2) is 16.0. The van der Waals surface area contributed by atoms with Crippen LogP contribution in [0.3, 0.4) is 0 Å². The van der Waals surface area contributed by atoms with Crippen LogP contribution in [0.2, 0.25) is 0 Å². The van der Waals surface area contributed by atoms with E-state index in [4.69, 9.17) is 17.2 Å². The van der Waals surface area contributed by atoms with Crippen molar-refractivity contribution in [3.05, 3.63) is 65.9 Å². The molecule has 0 spiro atoms. The van der Waals surface area contributed by atoms with Gasteiger partial charge in [-0.2, -0.15) is 0 Å². The van der Waals surface area contributed by atoms with Crippen molar-refractivity contribution in [2.24, 2.45) is 17.2 Å². The van der Waals surface area contributed by atoms with E-state index in [-0.39, 0.29) is 25.0 Å². The molecule has 4 atom stereocenters. The van der Waals surface area contributed by atoms with E-state index >= 15 is 0 Å². The van der Waals surface area contributed by atoms with Crippen LogP contribution in [0.4, 0.5) is 0 Å². The molecule has 2 aromatic carbocycles. The summed E-state index contributed by atoms with van der Waals surface area (Å²) in [5.74, 6) is -4.53. The maximum Gasteiger partial charge on any atom is 0.326 e. The lowest BCUT2D eigenvalue weighted by Crippen LogP contribution is -2.58. The number of rotatable bonds is 17. The van der Waals surface area contributed by atoms with Gasteiger partial charge in [0.2, 0.25) is 23.6 Å². The zero-order valence-electron chi connectivity index (χ0n) is 24.1. The van der Waals surface area contributed by atoms with Crippen LogP contribution in [0.1, 0.15) is 36.8 Å². The normalized spacial score (nSPS) is 13.8. The number of primary amides is 1. The van der Waals surface area contributed by atoms with E-state index in [0.717, 1.165) is 16.5 Å². The molecule has 0 saturated heterocycles. The Balaban J connectivity index is 1.70. The Kier molecular flexibility index (Phi) is 12.2. The van der Waals surface area contributed by atoms with Gasteiger partial charge in [-0.25, -0.2) is 4.79 Å². The van der Waals surface area contributed by atoms with Crippen molar-refractivity contribution in [1.82, 2.24) is 20.9 Å². The van der Waals surface area contributed by atoms with Gasteiger partial charge in [-0.15, -0.1) is 0 Å². The quantitative estimate of drug-likeness (QED) is 0.0895. The maximum absolute atomic E-state index is 13.3. The number of hydrogen-bond acceptors (Lipinski definition) is 8. The number of unbranched alkanes of at least 4 members (excludes halogenated alkanes) is 1. The highest BCUT2D eigenvalue weighted by Crippen LogP contribution is 2.19. The molecule has 3 aromatic rings. The van der Waals surface area contributed by atoms with E-state index in [1.54, 1.807) is 6.20 Å². The lowest BCUT2D eigenvalue weighted by atomic mass is 10.0. The predicted octanol–water partition coefficient (Wildman–Crippen LogP) is -0.471. The van der Waals surface area contributed by atoms with Crippen molar-refractivity contribution >= 4 is 40.5 Å². The molecule has 0 fully saturated rings. The first-order valence-electron chi connectivity index (χ1n) is 14.2. The second-order valence-corrected chi connectivity index (χ2v) is 10.5. The Morgan fingerprint density at radius 2 is 1.45 bits per heavy atom. The number of phenolic OH excluding ortho intramolecular Hbond substituents is 1. The number of carboxylic acids is 1. The molecule has 12 N–H and O–H groups in total. The van der Waals surface area contributed by atoms with Crippen LogP contribution in [-0.2, 0) is 36.8 Å². The lowest BCUT2D eigenvalue weighted by Gasteiger charge is -2.25. The summed E-state index contributed by atoms with van der Waals surface area (Å²) >= 11 is 0. The van der Waals surface area contributed by atoms with Gasteiger partial charge in [-0.3, -0.25) is 19.2 Å². The Morgan fingerprint density at radius 1 is 0.818 bits per heavy atom. The smallest absolute Gasteiger partial charge is 0.326 e. The molecule has 3 rings (SSSR count). The number of nitrogens with one attached hydrogen (secondary N) is 4. The molecule has 0 saturated carbocycles. The third kappa shape index (κ3) is 9.81. The zero-order chi connectivity index (χ0) is 32.2. The van der Waals surface area contributed by atoms with Crippen LogP contribution in [-0.4, -0.2) is 75.5 Å². The number of benzene rings is 2. The molecule has 1 heterocycles. The van der Waals surface area contributed by atoms with Gasteiger partial charge < -0.3 is 48.3 Å². The fourth-order valence-electron chi connectivity index (χ4n) is 4.69. The number of carbonyl (C=O) groups excluding carboxylic acids is 4. The number of amides is 4. The van der Waals surface area contributed by atoms with Gasteiger partial charge in [0, 0.05) is 23.5 Å². The molecule has 0 aliphatic heterocycles. The highest BCUT2D eigenvalue weighted by molar-refractivity contribution is 5.96. The molecule has 4 amide bonds. The highest BCUT2D eigenvalue weighted by atomic mass is 16.4. The molecular weight excluding hydrogens is 570 g/mol.